The molecule has 2 aliphatic rings. The Morgan fingerprint density at radius 2 is 1.69 bits per heavy atom. The Morgan fingerprint density at radius 3 is 2.34 bits per heavy atom. The monoisotopic (exact) mass is 467 g/mol. The number of carbonyl (C=O) groups is 1. The van der Waals surface area contributed by atoms with Crippen molar-refractivity contribution in [1.29, 1.82) is 0 Å². The summed E-state index contributed by atoms with van der Waals surface area (Å²) < 4.78 is 7.55. The Hall–Kier alpha value is -2.33. The van der Waals surface area contributed by atoms with Crippen LogP contribution in [0, 0.1) is 0 Å². The number of ether oxygens (including phenoxy) is 1. The summed E-state index contributed by atoms with van der Waals surface area (Å²) in [4.78, 5) is 19.8. The number of hydrogen-bond donors (Lipinski definition) is 0. The summed E-state index contributed by atoms with van der Waals surface area (Å²) in [6, 6.07) is 16.1. The number of morpholine rings is 1. The van der Waals surface area contributed by atoms with Crippen LogP contribution in [0.2, 0.25) is 0 Å². The number of rotatable bonds is 6. The summed E-state index contributed by atoms with van der Waals surface area (Å²) in [6.45, 7) is 6.94. The SMILES string of the molecule is CCn1c(CN2CCOCC2)nnc1SCC(=O)N1c2ccccc2Sc2ccccc21. The van der Waals surface area contributed by atoms with Crippen LogP contribution in [0.4, 0.5) is 11.4 Å². The van der Waals surface area contributed by atoms with Crippen LogP contribution in [-0.2, 0) is 22.6 Å². The summed E-state index contributed by atoms with van der Waals surface area (Å²) in [6.07, 6.45) is 0. The Balaban J connectivity index is 1.33. The second-order valence-corrected chi connectivity index (χ2v) is 9.61. The number of fused-ring (bicyclic) bond motifs is 2. The standard InChI is InChI=1S/C23H25N5O2S2/c1-2-27-21(15-26-11-13-30-14-12-26)24-25-23(27)31-16-22(29)28-17-7-3-5-9-19(17)32-20-10-6-4-8-18(20)28/h3-10H,2,11-16H2,1H3. The molecule has 1 aromatic heterocycles. The van der Waals surface area contributed by atoms with Crippen molar-refractivity contribution < 1.29 is 9.53 Å². The van der Waals surface area contributed by atoms with E-state index in [0.717, 1.165) is 71.5 Å². The predicted octanol–water partition coefficient (Wildman–Crippen LogP) is 4.05. The van der Waals surface area contributed by atoms with Gasteiger partial charge in [-0.2, -0.15) is 0 Å². The van der Waals surface area contributed by atoms with Gasteiger partial charge < -0.3 is 9.30 Å². The third-order valence-corrected chi connectivity index (χ3v) is 7.67. The van der Waals surface area contributed by atoms with E-state index in [-0.39, 0.29) is 5.91 Å². The number of amides is 1. The lowest BCUT2D eigenvalue weighted by Crippen LogP contribution is -2.36. The zero-order chi connectivity index (χ0) is 21.9. The Kier molecular flexibility index (Phi) is 6.49. The molecule has 1 fully saturated rings. The fraction of sp³-hybridized carbons (Fsp3) is 0.348. The number of thioether (sulfide) groups is 1. The average molecular weight is 468 g/mol. The maximum atomic E-state index is 13.4. The van der Waals surface area contributed by atoms with Gasteiger partial charge in [0.25, 0.3) is 0 Å². The topological polar surface area (TPSA) is 63.5 Å². The van der Waals surface area contributed by atoms with Crippen molar-refractivity contribution in [1.82, 2.24) is 19.7 Å². The molecule has 0 unspecified atom stereocenters. The van der Waals surface area contributed by atoms with Gasteiger partial charge in [0.05, 0.1) is 36.9 Å². The molecule has 1 amide bonds. The maximum Gasteiger partial charge on any atom is 0.242 e. The van der Waals surface area contributed by atoms with Gasteiger partial charge in [0, 0.05) is 29.4 Å². The number of para-hydroxylation sites is 2. The summed E-state index contributed by atoms with van der Waals surface area (Å²) in [5, 5.41) is 9.62. The fourth-order valence-electron chi connectivity index (χ4n) is 3.98. The number of anilines is 2. The molecule has 0 saturated carbocycles. The van der Waals surface area contributed by atoms with Crippen molar-refractivity contribution >= 4 is 40.8 Å². The second-order valence-electron chi connectivity index (χ2n) is 7.59. The van der Waals surface area contributed by atoms with Crippen molar-refractivity contribution in [2.45, 2.75) is 35.0 Å². The van der Waals surface area contributed by atoms with Crippen molar-refractivity contribution in [3.05, 3.63) is 54.4 Å². The molecule has 0 N–H and O–H groups in total. The van der Waals surface area contributed by atoms with Gasteiger partial charge in [0.1, 0.15) is 5.82 Å². The van der Waals surface area contributed by atoms with Crippen LogP contribution >= 0.6 is 23.5 Å². The molecule has 3 heterocycles. The molecular formula is C23H25N5O2S2. The second kappa shape index (κ2) is 9.66. The van der Waals surface area contributed by atoms with Crippen LogP contribution < -0.4 is 4.90 Å². The fourth-order valence-corrected chi connectivity index (χ4v) is 5.91. The molecule has 0 aliphatic carbocycles. The van der Waals surface area contributed by atoms with E-state index in [9.17, 15) is 4.79 Å². The predicted molar refractivity (Wildman–Crippen MR) is 127 cm³/mol. The van der Waals surface area contributed by atoms with Gasteiger partial charge in [-0.1, -0.05) is 47.8 Å². The number of hydrogen-bond acceptors (Lipinski definition) is 7. The number of nitrogens with zero attached hydrogens (tertiary/aromatic N) is 5. The highest BCUT2D eigenvalue weighted by molar-refractivity contribution is 8.00. The molecule has 0 radical (unpaired) electrons. The van der Waals surface area contributed by atoms with Crippen molar-refractivity contribution in [3.8, 4) is 0 Å². The summed E-state index contributed by atoms with van der Waals surface area (Å²) in [5.41, 5.74) is 1.87. The first-order valence-electron chi connectivity index (χ1n) is 10.8. The third kappa shape index (κ3) is 4.30. The highest BCUT2D eigenvalue weighted by atomic mass is 32.2. The quantitative estimate of drug-likeness (QED) is 0.507. The molecule has 2 aromatic carbocycles. The first-order valence-corrected chi connectivity index (χ1v) is 12.6. The third-order valence-electron chi connectivity index (χ3n) is 5.58. The van der Waals surface area contributed by atoms with Crippen LogP contribution in [0.5, 0.6) is 0 Å². The van der Waals surface area contributed by atoms with Crippen molar-refractivity contribution in [3.63, 3.8) is 0 Å². The van der Waals surface area contributed by atoms with E-state index in [2.05, 4.69) is 38.7 Å². The molecule has 2 aliphatic heterocycles. The summed E-state index contributed by atoms with van der Waals surface area (Å²) >= 11 is 3.16. The van der Waals surface area contributed by atoms with E-state index in [0.29, 0.717) is 5.75 Å². The molecule has 1 saturated heterocycles. The molecule has 7 nitrogen and oxygen atoms in total. The highest BCUT2D eigenvalue weighted by Gasteiger charge is 2.28. The Bertz CT molecular complexity index is 1070. The Morgan fingerprint density at radius 1 is 1.03 bits per heavy atom. The molecule has 0 bridgehead atoms. The minimum absolute atomic E-state index is 0.0376. The van der Waals surface area contributed by atoms with Crippen LogP contribution in [-0.4, -0.2) is 57.6 Å². The minimum Gasteiger partial charge on any atom is -0.379 e. The number of aromatic nitrogens is 3. The molecule has 166 valence electrons. The zero-order valence-electron chi connectivity index (χ0n) is 17.9. The van der Waals surface area contributed by atoms with Crippen LogP contribution in [0.25, 0.3) is 0 Å². The number of carbonyl (C=O) groups excluding carboxylic acids is 1. The Labute approximate surface area is 196 Å². The van der Waals surface area contributed by atoms with Crippen molar-refractivity contribution in [2.75, 3.05) is 37.0 Å². The van der Waals surface area contributed by atoms with E-state index < -0.39 is 0 Å². The molecule has 32 heavy (non-hydrogen) atoms. The van der Waals surface area contributed by atoms with E-state index >= 15 is 0 Å². The highest BCUT2D eigenvalue weighted by Crippen LogP contribution is 2.48. The van der Waals surface area contributed by atoms with Crippen molar-refractivity contribution in [2.24, 2.45) is 0 Å². The molecule has 9 heteroatoms. The zero-order valence-corrected chi connectivity index (χ0v) is 19.6. The largest absolute Gasteiger partial charge is 0.379 e. The maximum absolute atomic E-state index is 13.4. The number of benzene rings is 2. The lowest BCUT2D eigenvalue weighted by Gasteiger charge is -2.31. The van der Waals surface area contributed by atoms with Gasteiger partial charge in [-0.25, -0.2) is 0 Å². The first-order chi connectivity index (χ1) is 15.7. The van der Waals surface area contributed by atoms with Gasteiger partial charge in [-0.3, -0.25) is 14.6 Å². The minimum atomic E-state index is 0.0376. The van der Waals surface area contributed by atoms with Crippen LogP contribution in [0.15, 0.2) is 63.5 Å². The smallest absolute Gasteiger partial charge is 0.242 e. The molecule has 0 atom stereocenters. The van der Waals surface area contributed by atoms with E-state index in [4.69, 9.17) is 4.74 Å². The first kappa shape index (κ1) is 21.5. The normalized spacial score (nSPS) is 16.0. The van der Waals surface area contributed by atoms with E-state index in [1.54, 1.807) is 11.8 Å². The van der Waals surface area contributed by atoms with Crippen LogP contribution in [0.1, 0.15) is 12.7 Å². The lowest BCUT2D eigenvalue weighted by molar-refractivity contribution is -0.115. The van der Waals surface area contributed by atoms with Gasteiger partial charge in [0.15, 0.2) is 5.16 Å². The molecular weight excluding hydrogens is 442 g/mol. The average Bonchev–Trinajstić information content (AvgIpc) is 3.22. The summed E-state index contributed by atoms with van der Waals surface area (Å²) in [5.74, 6) is 1.27. The van der Waals surface area contributed by atoms with Crippen LogP contribution in [0.3, 0.4) is 0 Å². The molecule has 0 spiro atoms. The van der Waals surface area contributed by atoms with Gasteiger partial charge in [0.2, 0.25) is 5.91 Å². The summed E-state index contributed by atoms with van der Waals surface area (Å²) in [7, 11) is 0. The van der Waals surface area contributed by atoms with Gasteiger partial charge >= 0.3 is 0 Å². The lowest BCUT2D eigenvalue weighted by atomic mass is 10.2. The molecule has 3 aromatic rings. The van der Waals surface area contributed by atoms with Gasteiger partial charge in [-0.15, -0.1) is 10.2 Å². The van der Waals surface area contributed by atoms with Gasteiger partial charge in [-0.05, 0) is 31.2 Å². The van der Waals surface area contributed by atoms with E-state index in [1.165, 1.54) is 11.8 Å². The van der Waals surface area contributed by atoms with E-state index in [1.807, 2.05) is 41.3 Å². The molecule has 5 rings (SSSR count).